The molecule has 1 nitrogen and oxygen atoms in total. The fraction of sp³-hybridized carbons (Fsp3) is 0.538. The molecule has 0 fully saturated rings. The molecule has 0 heterocycles. The van der Waals surface area contributed by atoms with Crippen molar-refractivity contribution in [1.82, 2.24) is 0 Å². The molecule has 0 bridgehead atoms. The molecular formula is C13H22ClN. The van der Waals surface area contributed by atoms with Gasteiger partial charge in [0, 0.05) is 6.04 Å². The maximum atomic E-state index is 6.14. The van der Waals surface area contributed by atoms with Gasteiger partial charge in [-0.15, -0.1) is 12.4 Å². The summed E-state index contributed by atoms with van der Waals surface area (Å²) >= 11 is 0. The van der Waals surface area contributed by atoms with E-state index < -0.39 is 0 Å². The van der Waals surface area contributed by atoms with Gasteiger partial charge in [0.1, 0.15) is 0 Å². The molecule has 0 spiro atoms. The predicted molar refractivity (Wildman–Crippen MR) is 69.4 cm³/mol. The molecule has 1 rings (SSSR count). The van der Waals surface area contributed by atoms with Gasteiger partial charge < -0.3 is 5.73 Å². The molecule has 0 aliphatic carbocycles. The molecule has 0 aliphatic rings. The molecule has 0 aromatic heterocycles. The first kappa shape index (κ1) is 14.5. The molecule has 1 aromatic rings. The number of aryl methyl sites for hydroxylation is 1. The minimum atomic E-state index is 0. The lowest BCUT2D eigenvalue weighted by Crippen LogP contribution is -2.12. The molecule has 1 aromatic carbocycles. The summed E-state index contributed by atoms with van der Waals surface area (Å²) in [6.07, 6.45) is 2.29. The molecule has 0 unspecified atom stereocenters. The Bertz CT molecular complexity index is 284. The van der Waals surface area contributed by atoms with Crippen molar-refractivity contribution in [3.05, 3.63) is 35.4 Å². The third-order valence-corrected chi connectivity index (χ3v) is 2.64. The van der Waals surface area contributed by atoms with E-state index in [2.05, 4.69) is 45.0 Å². The van der Waals surface area contributed by atoms with E-state index in [1.165, 1.54) is 17.5 Å². The van der Waals surface area contributed by atoms with E-state index in [4.69, 9.17) is 5.73 Å². The number of benzene rings is 1. The zero-order valence-corrected chi connectivity index (χ0v) is 10.7. The first-order valence-electron chi connectivity index (χ1n) is 5.42. The van der Waals surface area contributed by atoms with Crippen molar-refractivity contribution in [1.29, 1.82) is 0 Å². The fourth-order valence-corrected chi connectivity index (χ4v) is 1.67. The van der Waals surface area contributed by atoms with Crippen molar-refractivity contribution in [2.45, 2.75) is 39.7 Å². The Morgan fingerprint density at radius 1 is 1.13 bits per heavy atom. The Kier molecular flexibility index (Phi) is 6.62. The molecular weight excluding hydrogens is 206 g/mol. The van der Waals surface area contributed by atoms with Gasteiger partial charge in [0.2, 0.25) is 0 Å². The zero-order chi connectivity index (χ0) is 10.6. The van der Waals surface area contributed by atoms with Crippen molar-refractivity contribution in [3.8, 4) is 0 Å². The highest BCUT2D eigenvalue weighted by Gasteiger charge is 2.08. The van der Waals surface area contributed by atoms with Crippen LogP contribution in [-0.4, -0.2) is 0 Å². The SMILES string of the molecule is Cc1ccccc1[C@H](N)CCC(C)C.Cl. The van der Waals surface area contributed by atoms with E-state index in [1.807, 2.05) is 0 Å². The van der Waals surface area contributed by atoms with E-state index in [0.717, 1.165) is 12.3 Å². The average molecular weight is 228 g/mol. The predicted octanol–water partition coefficient (Wildman–Crippen LogP) is 3.85. The van der Waals surface area contributed by atoms with Crippen molar-refractivity contribution in [2.24, 2.45) is 11.7 Å². The van der Waals surface area contributed by atoms with Crippen LogP contribution in [0.4, 0.5) is 0 Å². The Balaban J connectivity index is 0.00000196. The second-order valence-electron chi connectivity index (χ2n) is 4.43. The summed E-state index contributed by atoms with van der Waals surface area (Å²) in [5, 5.41) is 0. The summed E-state index contributed by atoms with van der Waals surface area (Å²) in [6, 6.07) is 8.61. The van der Waals surface area contributed by atoms with Gasteiger partial charge in [0.15, 0.2) is 0 Å². The van der Waals surface area contributed by atoms with Crippen LogP contribution in [-0.2, 0) is 0 Å². The van der Waals surface area contributed by atoms with Crippen molar-refractivity contribution in [3.63, 3.8) is 0 Å². The lowest BCUT2D eigenvalue weighted by molar-refractivity contribution is 0.506. The normalized spacial score (nSPS) is 12.3. The third kappa shape index (κ3) is 4.67. The summed E-state index contributed by atoms with van der Waals surface area (Å²) in [5.41, 5.74) is 8.75. The second-order valence-corrected chi connectivity index (χ2v) is 4.43. The molecule has 15 heavy (non-hydrogen) atoms. The minimum Gasteiger partial charge on any atom is -0.324 e. The van der Waals surface area contributed by atoms with E-state index >= 15 is 0 Å². The first-order chi connectivity index (χ1) is 6.61. The van der Waals surface area contributed by atoms with E-state index in [1.54, 1.807) is 0 Å². The lowest BCUT2D eigenvalue weighted by Gasteiger charge is -2.15. The van der Waals surface area contributed by atoms with E-state index in [9.17, 15) is 0 Å². The van der Waals surface area contributed by atoms with E-state index in [0.29, 0.717) is 0 Å². The van der Waals surface area contributed by atoms with Crippen LogP contribution in [0, 0.1) is 12.8 Å². The molecule has 1 atom stereocenters. The average Bonchev–Trinajstić information content (AvgIpc) is 2.15. The van der Waals surface area contributed by atoms with Crippen molar-refractivity contribution in [2.75, 3.05) is 0 Å². The summed E-state index contributed by atoms with van der Waals surface area (Å²) in [4.78, 5) is 0. The monoisotopic (exact) mass is 227 g/mol. The Hall–Kier alpha value is -0.530. The summed E-state index contributed by atoms with van der Waals surface area (Å²) in [5.74, 6) is 0.741. The van der Waals surface area contributed by atoms with Crippen molar-refractivity contribution >= 4 is 12.4 Å². The van der Waals surface area contributed by atoms with Gasteiger partial charge in [-0.1, -0.05) is 38.1 Å². The van der Waals surface area contributed by atoms with E-state index in [-0.39, 0.29) is 18.4 Å². The number of hydrogen-bond acceptors (Lipinski definition) is 1. The van der Waals surface area contributed by atoms with Crippen LogP contribution in [0.1, 0.15) is 43.9 Å². The second kappa shape index (κ2) is 6.86. The number of hydrogen-bond donors (Lipinski definition) is 1. The van der Waals surface area contributed by atoms with Crippen LogP contribution in [0.2, 0.25) is 0 Å². The molecule has 0 saturated heterocycles. The van der Waals surface area contributed by atoms with Crippen LogP contribution in [0.3, 0.4) is 0 Å². The highest BCUT2D eigenvalue weighted by Crippen LogP contribution is 2.21. The lowest BCUT2D eigenvalue weighted by atomic mass is 9.95. The smallest absolute Gasteiger partial charge is 0.0297 e. The highest BCUT2D eigenvalue weighted by atomic mass is 35.5. The van der Waals surface area contributed by atoms with Crippen LogP contribution in [0.15, 0.2) is 24.3 Å². The highest BCUT2D eigenvalue weighted by molar-refractivity contribution is 5.85. The van der Waals surface area contributed by atoms with Gasteiger partial charge in [0.25, 0.3) is 0 Å². The molecule has 2 N–H and O–H groups in total. The Labute approximate surface area is 99.5 Å². The first-order valence-corrected chi connectivity index (χ1v) is 5.42. The summed E-state index contributed by atoms with van der Waals surface area (Å²) in [6.45, 7) is 6.61. The molecule has 0 amide bonds. The van der Waals surface area contributed by atoms with Gasteiger partial charge in [-0.3, -0.25) is 0 Å². The molecule has 86 valence electrons. The van der Waals surface area contributed by atoms with Crippen LogP contribution >= 0.6 is 12.4 Å². The van der Waals surface area contributed by atoms with Gasteiger partial charge in [0.05, 0.1) is 0 Å². The summed E-state index contributed by atoms with van der Waals surface area (Å²) in [7, 11) is 0. The van der Waals surface area contributed by atoms with Gasteiger partial charge in [-0.2, -0.15) is 0 Å². The van der Waals surface area contributed by atoms with Gasteiger partial charge in [-0.25, -0.2) is 0 Å². The van der Waals surface area contributed by atoms with Crippen LogP contribution < -0.4 is 5.73 Å². The van der Waals surface area contributed by atoms with Gasteiger partial charge in [-0.05, 0) is 36.8 Å². The number of halogens is 1. The van der Waals surface area contributed by atoms with Crippen LogP contribution in [0.5, 0.6) is 0 Å². The summed E-state index contributed by atoms with van der Waals surface area (Å²) < 4.78 is 0. The maximum Gasteiger partial charge on any atom is 0.0297 e. The zero-order valence-electron chi connectivity index (χ0n) is 9.86. The fourth-order valence-electron chi connectivity index (χ4n) is 1.67. The van der Waals surface area contributed by atoms with Gasteiger partial charge >= 0.3 is 0 Å². The Morgan fingerprint density at radius 3 is 2.27 bits per heavy atom. The molecule has 2 heteroatoms. The number of nitrogens with two attached hydrogens (primary N) is 1. The molecule has 0 saturated carbocycles. The number of rotatable bonds is 4. The quantitative estimate of drug-likeness (QED) is 0.831. The Morgan fingerprint density at radius 2 is 1.73 bits per heavy atom. The third-order valence-electron chi connectivity index (χ3n) is 2.64. The topological polar surface area (TPSA) is 26.0 Å². The minimum absolute atomic E-state index is 0. The largest absolute Gasteiger partial charge is 0.324 e. The molecule has 0 radical (unpaired) electrons. The maximum absolute atomic E-state index is 6.14. The standard InChI is InChI=1S/C13H21N.ClH/c1-10(2)8-9-13(14)12-7-5-4-6-11(12)3;/h4-7,10,13H,8-9,14H2,1-3H3;1H/t13-;/m1./s1. The molecule has 0 aliphatic heterocycles. The van der Waals surface area contributed by atoms with Crippen molar-refractivity contribution < 1.29 is 0 Å². The van der Waals surface area contributed by atoms with Crippen LogP contribution in [0.25, 0.3) is 0 Å².